The molecule has 0 spiro atoms. The summed E-state index contributed by atoms with van der Waals surface area (Å²) >= 11 is 0. The number of nitrogens with two attached hydrogens (primary N) is 1. The molecule has 1 saturated heterocycles. The highest BCUT2D eigenvalue weighted by atomic mass is 35.5. The summed E-state index contributed by atoms with van der Waals surface area (Å²) in [6.07, 6.45) is 6.49. The van der Waals surface area contributed by atoms with Gasteiger partial charge in [-0.15, -0.1) is 12.4 Å². The standard InChI is InChI=1S/C18H26N2O3.ClH/c19-13-18(9-11-22-12-10-18)17(21)20-14-5-7-16(8-6-14)23-15-3-1-2-4-15;/h5-8,15H,1-4,9-13,19H2,(H,20,21);1H. The molecular weight excluding hydrogens is 328 g/mol. The van der Waals surface area contributed by atoms with Gasteiger partial charge in [-0.05, 0) is 62.8 Å². The molecule has 2 fully saturated rings. The average molecular weight is 355 g/mol. The van der Waals surface area contributed by atoms with E-state index in [0.717, 1.165) is 24.3 Å². The van der Waals surface area contributed by atoms with Crippen molar-refractivity contribution in [2.45, 2.75) is 44.6 Å². The van der Waals surface area contributed by atoms with Gasteiger partial charge in [0.05, 0.1) is 11.5 Å². The highest BCUT2D eigenvalue weighted by molar-refractivity contribution is 5.95. The van der Waals surface area contributed by atoms with Gasteiger partial charge in [0.15, 0.2) is 0 Å². The second-order valence-electron chi connectivity index (χ2n) is 6.60. The molecule has 2 aliphatic rings. The van der Waals surface area contributed by atoms with E-state index in [9.17, 15) is 4.79 Å². The molecule has 6 heteroatoms. The molecule has 3 N–H and O–H groups in total. The van der Waals surface area contributed by atoms with Crippen LogP contribution in [0, 0.1) is 5.41 Å². The molecule has 134 valence electrons. The van der Waals surface area contributed by atoms with Gasteiger partial charge in [-0.1, -0.05) is 0 Å². The topological polar surface area (TPSA) is 73.6 Å². The van der Waals surface area contributed by atoms with Gasteiger partial charge in [-0.2, -0.15) is 0 Å². The van der Waals surface area contributed by atoms with Crippen LogP contribution in [0.1, 0.15) is 38.5 Å². The lowest BCUT2D eigenvalue weighted by molar-refractivity contribution is -0.130. The number of nitrogens with one attached hydrogen (secondary N) is 1. The fourth-order valence-electron chi connectivity index (χ4n) is 3.37. The molecular formula is C18H27ClN2O3. The summed E-state index contributed by atoms with van der Waals surface area (Å²) in [5.41, 5.74) is 6.15. The normalized spacial score (nSPS) is 20.2. The molecule has 1 saturated carbocycles. The Morgan fingerprint density at radius 1 is 1.21 bits per heavy atom. The highest BCUT2D eigenvalue weighted by Gasteiger charge is 2.38. The number of benzene rings is 1. The van der Waals surface area contributed by atoms with Crippen LogP contribution >= 0.6 is 12.4 Å². The number of carbonyl (C=O) groups is 1. The Labute approximate surface area is 149 Å². The van der Waals surface area contributed by atoms with Gasteiger partial charge in [0.2, 0.25) is 5.91 Å². The lowest BCUT2D eigenvalue weighted by Gasteiger charge is -2.34. The summed E-state index contributed by atoms with van der Waals surface area (Å²) < 4.78 is 11.3. The van der Waals surface area contributed by atoms with E-state index in [4.69, 9.17) is 15.2 Å². The summed E-state index contributed by atoms with van der Waals surface area (Å²) in [4.78, 5) is 12.6. The van der Waals surface area contributed by atoms with Crippen LogP contribution in [0.3, 0.4) is 0 Å². The number of amides is 1. The summed E-state index contributed by atoms with van der Waals surface area (Å²) in [5, 5.41) is 2.99. The number of halogens is 1. The van der Waals surface area contributed by atoms with Gasteiger partial charge in [-0.25, -0.2) is 0 Å². The van der Waals surface area contributed by atoms with Crippen molar-refractivity contribution < 1.29 is 14.3 Å². The van der Waals surface area contributed by atoms with Crippen molar-refractivity contribution >= 4 is 24.0 Å². The van der Waals surface area contributed by atoms with Crippen molar-refractivity contribution in [3.8, 4) is 5.75 Å². The zero-order chi connectivity index (χ0) is 16.1. The van der Waals surface area contributed by atoms with Gasteiger partial charge in [0, 0.05) is 25.4 Å². The lowest BCUT2D eigenvalue weighted by atomic mass is 9.79. The van der Waals surface area contributed by atoms with Gasteiger partial charge < -0.3 is 20.5 Å². The van der Waals surface area contributed by atoms with Crippen LogP contribution in [0.2, 0.25) is 0 Å². The number of anilines is 1. The number of ether oxygens (including phenoxy) is 2. The summed E-state index contributed by atoms with van der Waals surface area (Å²) in [5.74, 6) is 0.863. The molecule has 5 nitrogen and oxygen atoms in total. The van der Waals surface area contributed by atoms with Crippen molar-refractivity contribution in [2.24, 2.45) is 11.1 Å². The molecule has 24 heavy (non-hydrogen) atoms. The SMILES string of the molecule is Cl.NCC1(C(=O)Nc2ccc(OC3CCCC3)cc2)CCOCC1. The van der Waals surface area contributed by atoms with Crippen molar-refractivity contribution in [3.63, 3.8) is 0 Å². The molecule has 1 amide bonds. The summed E-state index contributed by atoms with van der Waals surface area (Å²) in [6.45, 7) is 1.54. The monoisotopic (exact) mass is 354 g/mol. The van der Waals surface area contributed by atoms with Crippen molar-refractivity contribution in [1.29, 1.82) is 0 Å². The maximum absolute atomic E-state index is 12.6. The second-order valence-corrected chi connectivity index (χ2v) is 6.60. The van der Waals surface area contributed by atoms with E-state index in [0.29, 0.717) is 38.7 Å². The van der Waals surface area contributed by atoms with Crippen LogP contribution in [0.15, 0.2) is 24.3 Å². The maximum atomic E-state index is 12.6. The quantitative estimate of drug-likeness (QED) is 0.852. The minimum Gasteiger partial charge on any atom is -0.490 e. The van der Waals surface area contributed by atoms with E-state index in [2.05, 4.69) is 5.32 Å². The largest absolute Gasteiger partial charge is 0.490 e. The number of hydrogen-bond donors (Lipinski definition) is 2. The first kappa shape index (κ1) is 19.0. The summed E-state index contributed by atoms with van der Waals surface area (Å²) in [7, 11) is 0. The first-order valence-electron chi connectivity index (χ1n) is 8.58. The Morgan fingerprint density at radius 3 is 2.42 bits per heavy atom. The van der Waals surface area contributed by atoms with Crippen molar-refractivity contribution in [1.82, 2.24) is 0 Å². The molecule has 0 unspecified atom stereocenters. The lowest BCUT2D eigenvalue weighted by Crippen LogP contribution is -2.46. The smallest absolute Gasteiger partial charge is 0.232 e. The number of hydrogen-bond acceptors (Lipinski definition) is 4. The predicted molar refractivity (Wildman–Crippen MR) is 96.7 cm³/mol. The molecule has 1 aliphatic carbocycles. The maximum Gasteiger partial charge on any atom is 0.232 e. The Balaban J connectivity index is 0.00000208. The van der Waals surface area contributed by atoms with E-state index in [1.165, 1.54) is 12.8 Å². The van der Waals surface area contributed by atoms with E-state index >= 15 is 0 Å². The molecule has 1 aliphatic heterocycles. The third kappa shape index (κ3) is 4.41. The second kappa shape index (κ2) is 8.70. The zero-order valence-corrected chi connectivity index (χ0v) is 14.8. The van der Waals surface area contributed by atoms with E-state index in [1.54, 1.807) is 0 Å². The van der Waals surface area contributed by atoms with Gasteiger partial charge >= 0.3 is 0 Å². The van der Waals surface area contributed by atoms with Crippen LogP contribution in [0.25, 0.3) is 0 Å². The van der Waals surface area contributed by atoms with Gasteiger partial charge in [-0.3, -0.25) is 4.79 Å². The molecule has 0 aromatic heterocycles. The van der Waals surface area contributed by atoms with E-state index in [-0.39, 0.29) is 18.3 Å². The Bertz CT molecular complexity index is 524. The van der Waals surface area contributed by atoms with Crippen LogP contribution in [-0.2, 0) is 9.53 Å². The Morgan fingerprint density at radius 2 is 1.83 bits per heavy atom. The number of carbonyl (C=O) groups excluding carboxylic acids is 1. The first-order valence-corrected chi connectivity index (χ1v) is 8.58. The van der Waals surface area contributed by atoms with Crippen LogP contribution in [0.4, 0.5) is 5.69 Å². The third-order valence-electron chi connectivity index (χ3n) is 5.04. The molecule has 3 rings (SSSR count). The minimum atomic E-state index is -0.503. The van der Waals surface area contributed by atoms with E-state index in [1.807, 2.05) is 24.3 Å². The summed E-state index contributed by atoms with van der Waals surface area (Å²) in [6, 6.07) is 7.64. The molecule has 1 aromatic carbocycles. The van der Waals surface area contributed by atoms with Crippen LogP contribution in [-0.4, -0.2) is 31.8 Å². The molecule has 1 aromatic rings. The minimum absolute atomic E-state index is 0. The van der Waals surface area contributed by atoms with Crippen LogP contribution in [0.5, 0.6) is 5.75 Å². The Kier molecular flexibility index (Phi) is 6.90. The van der Waals surface area contributed by atoms with Crippen molar-refractivity contribution in [2.75, 3.05) is 25.1 Å². The fourth-order valence-corrected chi connectivity index (χ4v) is 3.37. The Hall–Kier alpha value is -1.30. The fraction of sp³-hybridized carbons (Fsp3) is 0.611. The molecule has 0 radical (unpaired) electrons. The van der Waals surface area contributed by atoms with Gasteiger partial charge in [0.25, 0.3) is 0 Å². The highest BCUT2D eigenvalue weighted by Crippen LogP contribution is 2.31. The van der Waals surface area contributed by atoms with Crippen molar-refractivity contribution in [3.05, 3.63) is 24.3 Å². The molecule has 0 bridgehead atoms. The molecule has 1 heterocycles. The van der Waals surface area contributed by atoms with E-state index < -0.39 is 5.41 Å². The number of rotatable bonds is 5. The van der Waals surface area contributed by atoms with Crippen LogP contribution < -0.4 is 15.8 Å². The predicted octanol–water partition coefficient (Wildman–Crippen LogP) is 3.12. The first-order chi connectivity index (χ1) is 11.2. The average Bonchev–Trinajstić information content (AvgIpc) is 3.10. The zero-order valence-electron chi connectivity index (χ0n) is 14.0. The van der Waals surface area contributed by atoms with Gasteiger partial charge in [0.1, 0.15) is 5.75 Å². The third-order valence-corrected chi connectivity index (χ3v) is 5.04. The molecule has 0 atom stereocenters.